The van der Waals surface area contributed by atoms with Gasteiger partial charge in [0.15, 0.2) is 15.0 Å². The quantitative estimate of drug-likeness (QED) is 0.479. The molecular weight excluding hydrogens is 326 g/mol. The third-order valence-corrected chi connectivity index (χ3v) is 4.76. The molecule has 22 heavy (non-hydrogen) atoms. The molecule has 9 heteroatoms. The molecule has 0 saturated heterocycles. The number of rotatable bonds is 4. The van der Waals surface area contributed by atoms with Gasteiger partial charge in [0.2, 0.25) is 0 Å². The maximum Gasteiger partial charge on any atom is 0.284 e. The lowest BCUT2D eigenvalue weighted by molar-refractivity contribution is -0.388. The predicted molar refractivity (Wildman–Crippen MR) is 81.8 cm³/mol. The van der Waals surface area contributed by atoms with Crippen molar-refractivity contribution in [3.8, 4) is 0 Å². The maximum atomic E-state index is 11.5. The molecule has 0 aliphatic heterocycles. The number of nitro benzene ring substituents is 1. The van der Waals surface area contributed by atoms with Crippen LogP contribution in [0.5, 0.6) is 0 Å². The topological polar surface area (TPSA) is 103 Å². The molecule has 0 bridgehead atoms. The molecule has 1 aromatic carbocycles. The van der Waals surface area contributed by atoms with E-state index in [9.17, 15) is 18.5 Å². The zero-order chi connectivity index (χ0) is 16.5. The van der Waals surface area contributed by atoms with Gasteiger partial charge in [-0.15, -0.1) is 0 Å². The minimum Gasteiger partial charge on any atom is -0.258 e. The number of sulfone groups is 1. The van der Waals surface area contributed by atoms with E-state index in [-0.39, 0.29) is 10.6 Å². The third-order valence-electron chi connectivity index (χ3n) is 2.72. The zero-order valence-corrected chi connectivity index (χ0v) is 13.7. The molecule has 2 aromatic rings. The molecule has 0 spiro atoms. The van der Waals surface area contributed by atoms with E-state index in [0.29, 0.717) is 10.1 Å². The van der Waals surface area contributed by atoms with Crippen molar-refractivity contribution in [2.45, 2.75) is 28.8 Å². The Morgan fingerprint density at radius 3 is 2.23 bits per heavy atom. The first-order valence-electron chi connectivity index (χ1n) is 6.15. The van der Waals surface area contributed by atoms with Crippen molar-refractivity contribution in [1.82, 2.24) is 9.97 Å². The molecule has 0 aliphatic rings. The van der Waals surface area contributed by atoms with Crippen LogP contribution in [0.3, 0.4) is 0 Å². The van der Waals surface area contributed by atoms with Gasteiger partial charge in [-0.1, -0.05) is 0 Å². The molecule has 0 saturated carbocycles. The second-order valence-electron chi connectivity index (χ2n) is 4.69. The molecule has 0 aliphatic carbocycles. The molecule has 2 rings (SSSR count). The summed E-state index contributed by atoms with van der Waals surface area (Å²) in [4.78, 5) is 19.2. The number of hydrogen-bond donors (Lipinski definition) is 0. The van der Waals surface area contributed by atoms with Crippen LogP contribution >= 0.6 is 11.8 Å². The summed E-state index contributed by atoms with van der Waals surface area (Å²) in [6.45, 7) is 3.61. The number of benzene rings is 1. The fourth-order valence-electron chi connectivity index (χ4n) is 1.79. The van der Waals surface area contributed by atoms with E-state index in [2.05, 4.69) is 9.97 Å². The van der Waals surface area contributed by atoms with Crippen LogP contribution < -0.4 is 0 Å². The molecule has 0 fully saturated rings. The lowest BCUT2D eigenvalue weighted by Crippen LogP contribution is -2.00. The van der Waals surface area contributed by atoms with E-state index in [0.717, 1.165) is 35.5 Å². The summed E-state index contributed by atoms with van der Waals surface area (Å²) in [5, 5.41) is 11.6. The molecule has 0 atom stereocenters. The van der Waals surface area contributed by atoms with Crippen LogP contribution in [0.15, 0.2) is 39.2 Å². The first-order chi connectivity index (χ1) is 10.2. The van der Waals surface area contributed by atoms with Crippen molar-refractivity contribution in [2.24, 2.45) is 0 Å². The molecular formula is C13H13N3O4S2. The highest BCUT2D eigenvalue weighted by molar-refractivity contribution is 7.99. The molecule has 0 radical (unpaired) electrons. The van der Waals surface area contributed by atoms with E-state index in [1.54, 1.807) is 19.9 Å². The number of nitrogens with zero attached hydrogens (tertiary/aromatic N) is 3. The van der Waals surface area contributed by atoms with Crippen LogP contribution in [0.4, 0.5) is 5.69 Å². The highest BCUT2D eigenvalue weighted by atomic mass is 32.2. The summed E-state index contributed by atoms with van der Waals surface area (Å²) in [6.07, 6.45) is 1.01. The van der Waals surface area contributed by atoms with E-state index >= 15 is 0 Å². The Morgan fingerprint density at radius 1 is 1.14 bits per heavy atom. The van der Waals surface area contributed by atoms with Crippen LogP contribution in [0, 0.1) is 24.0 Å². The van der Waals surface area contributed by atoms with Crippen molar-refractivity contribution in [3.63, 3.8) is 0 Å². The van der Waals surface area contributed by atoms with Crippen molar-refractivity contribution in [2.75, 3.05) is 6.26 Å². The lowest BCUT2D eigenvalue weighted by Gasteiger charge is -2.05. The predicted octanol–water partition coefficient (Wildman–Crippen LogP) is 2.56. The van der Waals surface area contributed by atoms with E-state index in [1.807, 2.05) is 0 Å². The minimum atomic E-state index is -3.51. The van der Waals surface area contributed by atoms with Crippen LogP contribution in [-0.2, 0) is 9.84 Å². The van der Waals surface area contributed by atoms with Gasteiger partial charge in [0.1, 0.15) is 0 Å². The SMILES string of the molecule is Cc1cc(C)nc(Sc2ccc(S(C)(=O)=O)cc2[N+](=O)[O-])n1. The normalized spacial score (nSPS) is 11.4. The Morgan fingerprint density at radius 2 is 1.73 bits per heavy atom. The van der Waals surface area contributed by atoms with Gasteiger partial charge in [-0.2, -0.15) is 0 Å². The molecule has 0 amide bonds. The number of aromatic nitrogens is 2. The zero-order valence-electron chi connectivity index (χ0n) is 12.1. The first-order valence-corrected chi connectivity index (χ1v) is 8.86. The summed E-state index contributed by atoms with van der Waals surface area (Å²) >= 11 is 1.03. The standard InChI is InChI=1S/C13H13N3O4S2/c1-8-6-9(2)15-13(14-8)21-12-5-4-10(22(3,19)20)7-11(12)16(17)18/h4-7H,1-3H3. The molecule has 116 valence electrons. The largest absolute Gasteiger partial charge is 0.284 e. The van der Waals surface area contributed by atoms with E-state index in [4.69, 9.17) is 0 Å². The van der Waals surface area contributed by atoms with Crippen molar-refractivity contribution < 1.29 is 13.3 Å². The van der Waals surface area contributed by atoms with Crippen LogP contribution in [0.2, 0.25) is 0 Å². The van der Waals surface area contributed by atoms with Crippen molar-refractivity contribution in [3.05, 3.63) is 45.8 Å². The summed E-state index contributed by atoms with van der Waals surface area (Å²) in [7, 11) is -3.51. The highest BCUT2D eigenvalue weighted by Gasteiger charge is 2.20. The Hall–Kier alpha value is -2.00. The average Bonchev–Trinajstić information content (AvgIpc) is 2.36. The second-order valence-corrected chi connectivity index (χ2v) is 7.72. The Labute approximate surface area is 131 Å². The summed E-state index contributed by atoms with van der Waals surface area (Å²) in [5.74, 6) is 0. The van der Waals surface area contributed by atoms with Crippen LogP contribution in [-0.4, -0.2) is 29.6 Å². The summed E-state index contributed by atoms with van der Waals surface area (Å²) in [5.41, 5.74) is 1.23. The van der Waals surface area contributed by atoms with Gasteiger partial charge in [0.05, 0.1) is 14.7 Å². The molecule has 1 heterocycles. The minimum absolute atomic E-state index is 0.0927. The molecule has 0 unspecified atom stereocenters. The monoisotopic (exact) mass is 339 g/mol. The summed E-state index contributed by atoms with van der Waals surface area (Å²) in [6, 6.07) is 5.60. The van der Waals surface area contributed by atoms with E-state index < -0.39 is 14.8 Å². The Kier molecular flexibility index (Phi) is 4.47. The van der Waals surface area contributed by atoms with Gasteiger partial charge in [-0.05, 0) is 43.8 Å². The molecule has 1 aromatic heterocycles. The number of aryl methyl sites for hydroxylation is 2. The smallest absolute Gasteiger partial charge is 0.258 e. The van der Waals surface area contributed by atoms with Crippen LogP contribution in [0.1, 0.15) is 11.4 Å². The number of hydrogen-bond acceptors (Lipinski definition) is 7. The molecule has 0 N–H and O–H groups in total. The Bertz CT molecular complexity index is 830. The fraction of sp³-hybridized carbons (Fsp3) is 0.231. The highest BCUT2D eigenvalue weighted by Crippen LogP contribution is 2.34. The lowest BCUT2D eigenvalue weighted by atomic mass is 10.3. The van der Waals surface area contributed by atoms with Gasteiger partial charge in [0, 0.05) is 23.7 Å². The van der Waals surface area contributed by atoms with Gasteiger partial charge < -0.3 is 0 Å². The second kappa shape index (κ2) is 6.01. The third kappa shape index (κ3) is 3.80. The summed E-state index contributed by atoms with van der Waals surface area (Å²) < 4.78 is 23.0. The molecule has 7 nitrogen and oxygen atoms in total. The van der Waals surface area contributed by atoms with Crippen molar-refractivity contribution in [1.29, 1.82) is 0 Å². The van der Waals surface area contributed by atoms with Gasteiger partial charge in [-0.3, -0.25) is 10.1 Å². The van der Waals surface area contributed by atoms with Gasteiger partial charge >= 0.3 is 0 Å². The fourth-order valence-corrected chi connectivity index (χ4v) is 3.39. The van der Waals surface area contributed by atoms with Crippen LogP contribution in [0.25, 0.3) is 0 Å². The Balaban J connectivity index is 2.49. The van der Waals surface area contributed by atoms with E-state index in [1.165, 1.54) is 12.1 Å². The maximum absolute atomic E-state index is 11.5. The average molecular weight is 339 g/mol. The van der Waals surface area contributed by atoms with Crippen molar-refractivity contribution >= 4 is 27.3 Å². The first kappa shape index (κ1) is 16.4. The van der Waals surface area contributed by atoms with Gasteiger partial charge in [0.25, 0.3) is 5.69 Å². The van der Waals surface area contributed by atoms with Gasteiger partial charge in [-0.25, -0.2) is 18.4 Å². The number of nitro groups is 1.